The van der Waals surface area contributed by atoms with Crippen LogP contribution >= 0.6 is 11.6 Å². The Labute approximate surface area is 203 Å². The van der Waals surface area contributed by atoms with Gasteiger partial charge in [-0.15, -0.1) is 18.3 Å². The number of pyridine rings is 1. The molecule has 2 aliphatic rings. The molecule has 3 aromatic rings. The number of alkyl halides is 3. The molecule has 2 fully saturated rings. The van der Waals surface area contributed by atoms with Crippen molar-refractivity contribution in [3.05, 3.63) is 41.2 Å². The van der Waals surface area contributed by atoms with Gasteiger partial charge in [0.25, 0.3) is 0 Å². The fraction of sp³-hybridized carbons (Fsp3) is 0.455. The molecule has 186 valence electrons. The van der Waals surface area contributed by atoms with Crippen molar-refractivity contribution in [3.8, 4) is 0 Å². The highest BCUT2D eigenvalue weighted by atomic mass is 35.5. The van der Waals surface area contributed by atoms with Crippen LogP contribution in [0, 0.1) is 0 Å². The van der Waals surface area contributed by atoms with E-state index in [4.69, 9.17) is 16.0 Å². The van der Waals surface area contributed by atoms with E-state index < -0.39 is 12.5 Å². The second-order valence-corrected chi connectivity index (χ2v) is 9.06. The van der Waals surface area contributed by atoms with Crippen molar-refractivity contribution >= 4 is 40.2 Å². The number of anilines is 2. The normalized spacial score (nSPS) is 21.2. The van der Waals surface area contributed by atoms with E-state index in [2.05, 4.69) is 25.2 Å². The summed E-state index contributed by atoms with van der Waals surface area (Å²) >= 11 is 5.99. The lowest BCUT2D eigenvalue weighted by Gasteiger charge is -2.34. The van der Waals surface area contributed by atoms with Gasteiger partial charge in [0, 0.05) is 42.5 Å². The quantitative estimate of drug-likeness (QED) is 0.535. The van der Waals surface area contributed by atoms with Crippen LogP contribution in [0.1, 0.15) is 24.7 Å². The smallest absolute Gasteiger partial charge is 0.408 e. The first-order valence-corrected chi connectivity index (χ1v) is 11.5. The highest BCUT2D eigenvalue weighted by Gasteiger charge is 2.42. The largest absolute Gasteiger partial charge is 0.522 e. The molecule has 1 aliphatic heterocycles. The fourth-order valence-corrected chi connectivity index (χ4v) is 4.40. The van der Waals surface area contributed by atoms with Crippen molar-refractivity contribution in [2.45, 2.75) is 31.2 Å². The second-order valence-electron chi connectivity index (χ2n) is 8.62. The van der Waals surface area contributed by atoms with Gasteiger partial charge in [-0.1, -0.05) is 16.7 Å². The van der Waals surface area contributed by atoms with E-state index in [0.717, 1.165) is 10.9 Å². The zero-order valence-corrected chi connectivity index (χ0v) is 19.2. The molecule has 0 spiro atoms. The van der Waals surface area contributed by atoms with Crippen molar-refractivity contribution in [2.24, 2.45) is 0 Å². The number of hydrogen-bond acceptors (Lipinski definition) is 8. The minimum absolute atomic E-state index is 0.167. The van der Waals surface area contributed by atoms with Crippen LogP contribution in [-0.2, 0) is 9.53 Å². The number of piperazine rings is 1. The van der Waals surface area contributed by atoms with Gasteiger partial charge >= 0.3 is 12.4 Å². The van der Waals surface area contributed by atoms with E-state index in [1.165, 1.54) is 0 Å². The molecule has 0 atom stereocenters. The van der Waals surface area contributed by atoms with Crippen LogP contribution in [0.25, 0.3) is 10.9 Å². The van der Waals surface area contributed by atoms with Gasteiger partial charge < -0.3 is 14.6 Å². The summed E-state index contributed by atoms with van der Waals surface area (Å²) in [6.07, 6.45) is -5.10. The number of carbonyl (C=O) groups excluding carboxylic acids is 1. The molecule has 1 aromatic carbocycles. The van der Waals surface area contributed by atoms with Crippen molar-refractivity contribution in [1.29, 1.82) is 0 Å². The second kappa shape index (κ2) is 9.59. The van der Waals surface area contributed by atoms with Gasteiger partial charge in [-0.3, -0.25) is 14.4 Å². The molecule has 5 rings (SSSR count). The Hall–Kier alpha value is -2.96. The predicted molar refractivity (Wildman–Crippen MR) is 121 cm³/mol. The van der Waals surface area contributed by atoms with E-state index in [9.17, 15) is 18.0 Å². The van der Waals surface area contributed by atoms with Crippen molar-refractivity contribution < 1.29 is 27.1 Å². The lowest BCUT2D eigenvalue weighted by atomic mass is 9.82. The van der Waals surface area contributed by atoms with Gasteiger partial charge in [-0.05, 0) is 43.2 Å². The van der Waals surface area contributed by atoms with Crippen LogP contribution in [-0.4, -0.2) is 71.2 Å². The Bertz CT molecular complexity index is 1210. The van der Waals surface area contributed by atoms with Gasteiger partial charge in [0.05, 0.1) is 18.2 Å². The molecule has 0 radical (unpaired) electrons. The topological polar surface area (TPSA) is 96.6 Å². The maximum atomic E-state index is 12.5. The summed E-state index contributed by atoms with van der Waals surface area (Å²) in [5, 5.41) is 12.4. The SMILES string of the molecule is O=C(CN1CCN(c2nnc(C3CC(OC(F)(F)F)C3)o2)CC1)Nc1ccc2cc(Cl)ccc2n1. The molecule has 35 heavy (non-hydrogen) atoms. The minimum atomic E-state index is -4.63. The highest BCUT2D eigenvalue weighted by Crippen LogP contribution is 2.41. The van der Waals surface area contributed by atoms with E-state index in [1.54, 1.807) is 18.2 Å². The number of aromatic nitrogens is 3. The summed E-state index contributed by atoms with van der Waals surface area (Å²) in [6.45, 7) is 2.59. The van der Waals surface area contributed by atoms with E-state index in [0.29, 0.717) is 48.9 Å². The van der Waals surface area contributed by atoms with Gasteiger partial charge in [0.15, 0.2) is 0 Å². The Morgan fingerprint density at radius 2 is 1.91 bits per heavy atom. The number of amides is 1. The third-order valence-corrected chi connectivity index (χ3v) is 6.34. The lowest BCUT2D eigenvalue weighted by molar-refractivity contribution is -0.352. The number of ether oxygens (including phenoxy) is 1. The lowest BCUT2D eigenvalue weighted by Crippen LogP contribution is -2.48. The zero-order valence-electron chi connectivity index (χ0n) is 18.5. The van der Waals surface area contributed by atoms with Crippen LogP contribution in [0.2, 0.25) is 5.02 Å². The van der Waals surface area contributed by atoms with Crippen LogP contribution in [0.15, 0.2) is 34.7 Å². The molecule has 3 heterocycles. The molecule has 1 saturated heterocycles. The number of rotatable bonds is 6. The first-order valence-electron chi connectivity index (χ1n) is 11.1. The average Bonchev–Trinajstić information content (AvgIpc) is 3.25. The highest BCUT2D eigenvalue weighted by molar-refractivity contribution is 6.31. The number of fused-ring (bicyclic) bond motifs is 1. The van der Waals surface area contributed by atoms with Crippen molar-refractivity contribution in [3.63, 3.8) is 0 Å². The standard InChI is InChI=1S/C22H22ClF3N6O3/c23-15-2-3-17-13(9-15)1-4-18(27-17)28-19(33)12-31-5-7-32(8-6-31)21-30-29-20(34-21)14-10-16(11-14)35-22(24,25)26/h1-4,9,14,16H,5-8,10-12H2,(H,27,28,33). The number of benzene rings is 1. The van der Waals surface area contributed by atoms with Crippen LogP contribution in [0.4, 0.5) is 25.0 Å². The van der Waals surface area contributed by atoms with E-state index in [-0.39, 0.29) is 31.2 Å². The Balaban J connectivity index is 1.08. The summed E-state index contributed by atoms with van der Waals surface area (Å²) in [6, 6.07) is 9.29. The molecule has 2 aromatic heterocycles. The van der Waals surface area contributed by atoms with Crippen LogP contribution in [0.3, 0.4) is 0 Å². The number of nitrogens with one attached hydrogen (secondary N) is 1. The van der Waals surface area contributed by atoms with Crippen molar-refractivity contribution in [2.75, 3.05) is 42.9 Å². The molecule has 1 amide bonds. The van der Waals surface area contributed by atoms with Crippen LogP contribution in [0.5, 0.6) is 0 Å². The minimum Gasteiger partial charge on any atom is -0.408 e. The molecular formula is C22H22ClF3N6O3. The summed E-state index contributed by atoms with van der Waals surface area (Å²) < 4.78 is 46.5. The summed E-state index contributed by atoms with van der Waals surface area (Å²) in [7, 11) is 0. The third-order valence-electron chi connectivity index (χ3n) is 6.10. The summed E-state index contributed by atoms with van der Waals surface area (Å²) in [5.74, 6) is 0.406. The van der Waals surface area contributed by atoms with E-state index in [1.807, 2.05) is 21.9 Å². The third kappa shape index (κ3) is 5.82. The van der Waals surface area contributed by atoms with Gasteiger partial charge in [0.2, 0.25) is 11.8 Å². The van der Waals surface area contributed by atoms with Gasteiger partial charge in [-0.25, -0.2) is 4.98 Å². The molecule has 9 nitrogen and oxygen atoms in total. The predicted octanol–water partition coefficient (Wildman–Crippen LogP) is 3.81. The maximum absolute atomic E-state index is 12.5. The Morgan fingerprint density at radius 1 is 1.14 bits per heavy atom. The molecule has 1 saturated carbocycles. The van der Waals surface area contributed by atoms with Crippen molar-refractivity contribution in [1.82, 2.24) is 20.1 Å². The van der Waals surface area contributed by atoms with E-state index >= 15 is 0 Å². The number of nitrogens with zero attached hydrogens (tertiary/aromatic N) is 5. The Morgan fingerprint density at radius 3 is 2.66 bits per heavy atom. The van der Waals surface area contributed by atoms with Gasteiger partial charge in [-0.2, -0.15) is 0 Å². The summed E-state index contributed by atoms with van der Waals surface area (Å²) in [4.78, 5) is 20.9. The fourth-order valence-electron chi connectivity index (χ4n) is 4.22. The molecule has 1 N–H and O–H groups in total. The molecular weight excluding hydrogens is 489 g/mol. The molecule has 1 aliphatic carbocycles. The first-order chi connectivity index (χ1) is 16.7. The summed E-state index contributed by atoms with van der Waals surface area (Å²) in [5.41, 5.74) is 0.741. The number of halogens is 4. The number of carbonyl (C=O) groups is 1. The monoisotopic (exact) mass is 510 g/mol. The average molecular weight is 511 g/mol. The Kier molecular flexibility index (Phi) is 6.51. The maximum Gasteiger partial charge on any atom is 0.522 e. The molecule has 13 heteroatoms. The number of hydrogen-bond donors (Lipinski definition) is 1. The zero-order chi connectivity index (χ0) is 24.6. The molecule has 0 unspecified atom stereocenters. The molecule has 0 bridgehead atoms. The van der Waals surface area contributed by atoms with Crippen LogP contribution < -0.4 is 10.2 Å². The first kappa shape index (κ1) is 23.8. The van der Waals surface area contributed by atoms with Gasteiger partial charge in [0.1, 0.15) is 5.82 Å².